The standard InChI is InChI=1S/C14H24N4O8S/c1-6(11(22)18-9(4-19)14(25)26)16-13(24)8(2-3-10(20)21)17-12(23)7(15)5-27/h6-9,19,27H,2-5,15H2,1H3,(H,16,24)(H,17,23)(H,18,22)(H,20,21)(H,25,26). The lowest BCUT2D eigenvalue weighted by Gasteiger charge is -2.22. The summed E-state index contributed by atoms with van der Waals surface area (Å²) in [5.41, 5.74) is 5.49. The molecule has 4 unspecified atom stereocenters. The van der Waals surface area contributed by atoms with Crippen LogP contribution in [0.4, 0.5) is 0 Å². The number of nitrogens with one attached hydrogen (secondary N) is 3. The third-order valence-corrected chi connectivity index (χ3v) is 3.76. The Morgan fingerprint density at radius 1 is 0.963 bits per heavy atom. The van der Waals surface area contributed by atoms with E-state index in [4.69, 9.17) is 21.1 Å². The van der Waals surface area contributed by atoms with Crippen LogP contribution in [0, 0.1) is 0 Å². The molecule has 0 aliphatic carbocycles. The van der Waals surface area contributed by atoms with Gasteiger partial charge in [0.05, 0.1) is 12.6 Å². The first-order valence-corrected chi connectivity index (χ1v) is 8.49. The second-order valence-electron chi connectivity index (χ2n) is 5.59. The van der Waals surface area contributed by atoms with Gasteiger partial charge >= 0.3 is 11.9 Å². The van der Waals surface area contributed by atoms with Crippen molar-refractivity contribution < 1.29 is 39.3 Å². The molecule has 4 atom stereocenters. The third-order valence-electron chi connectivity index (χ3n) is 3.36. The molecular formula is C14H24N4O8S. The van der Waals surface area contributed by atoms with Gasteiger partial charge in [-0.05, 0) is 13.3 Å². The second kappa shape index (κ2) is 12.1. The van der Waals surface area contributed by atoms with Crippen LogP contribution in [0.5, 0.6) is 0 Å². The Morgan fingerprint density at radius 2 is 1.52 bits per heavy atom. The highest BCUT2D eigenvalue weighted by Crippen LogP contribution is 2.01. The predicted octanol–water partition coefficient (Wildman–Crippen LogP) is -3.34. The molecule has 154 valence electrons. The molecule has 12 nitrogen and oxygen atoms in total. The summed E-state index contributed by atoms with van der Waals surface area (Å²) in [7, 11) is 0. The second-order valence-corrected chi connectivity index (χ2v) is 5.96. The van der Waals surface area contributed by atoms with E-state index in [0.29, 0.717) is 0 Å². The van der Waals surface area contributed by atoms with Crippen LogP contribution >= 0.6 is 12.6 Å². The van der Waals surface area contributed by atoms with Gasteiger partial charge < -0.3 is 37.0 Å². The zero-order valence-corrected chi connectivity index (χ0v) is 15.4. The number of hydrogen-bond donors (Lipinski definition) is 8. The van der Waals surface area contributed by atoms with E-state index in [1.807, 2.05) is 5.32 Å². The van der Waals surface area contributed by atoms with Crippen molar-refractivity contribution in [2.24, 2.45) is 5.73 Å². The lowest BCUT2D eigenvalue weighted by Crippen LogP contribution is -2.56. The minimum atomic E-state index is -1.55. The lowest BCUT2D eigenvalue weighted by molar-refractivity contribution is -0.143. The molecule has 0 heterocycles. The molecular weight excluding hydrogens is 384 g/mol. The number of hydrogen-bond acceptors (Lipinski definition) is 8. The molecule has 0 rings (SSSR count). The number of amides is 3. The molecule has 0 aromatic carbocycles. The van der Waals surface area contributed by atoms with E-state index in [2.05, 4.69) is 23.3 Å². The molecule has 0 radical (unpaired) electrons. The molecule has 0 aromatic rings. The predicted molar refractivity (Wildman–Crippen MR) is 94.9 cm³/mol. The number of rotatable bonds is 12. The van der Waals surface area contributed by atoms with E-state index >= 15 is 0 Å². The number of carboxylic acid groups (broad SMARTS) is 2. The van der Waals surface area contributed by atoms with E-state index in [9.17, 15) is 24.0 Å². The van der Waals surface area contributed by atoms with Crippen LogP contribution < -0.4 is 21.7 Å². The van der Waals surface area contributed by atoms with Gasteiger partial charge in [-0.1, -0.05) is 0 Å². The van der Waals surface area contributed by atoms with Gasteiger partial charge in [0.1, 0.15) is 18.1 Å². The van der Waals surface area contributed by atoms with Crippen LogP contribution in [0.3, 0.4) is 0 Å². The fourth-order valence-corrected chi connectivity index (χ4v) is 1.93. The molecule has 0 fully saturated rings. The maximum Gasteiger partial charge on any atom is 0.328 e. The maximum atomic E-state index is 12.3. The molecule has 3 amide bonds. The number of aliphatic hydroxyl groups excluding tert-OH is 1. The van der Waals surface area contributed by atoms with Crippen molar-refractivity contribution in [2.75, 3.05) is 12.4 Å². The van der Waals surface area contributed by atoms with Gasteiger partial charge in [0.15, 0.2) is 0 Å². The van der Waals surface area contributed by atoms with Crippen LogP contribution in [0.2, 0.25) is 0 Å². The molecule has 0 saturated carbocycles. The van der Waals surface area contributed by atoms with Crippen LogP contribution in [0.1, 0.15) is 19.8 Å². The number of aliphatic carboxylic acids is 2. The zero-order valence-electron chi connectivity index (χ0n) is 14.5. The third kappa shape index (κ3) is 9.21. The molecule has 0 bridgehead atoms. The average molecular weight is 408 g/mol. The molecule has 0 saturated heterocycles. The van der Waals surface area contributed by atoms with Crippen molar-refractivity contribution >= 4 is 42.3 Å². The Hall–Kier alpha value is -2.38. The summed E-state index contributed by atoms with van der Waals surface area (Å²) in [6.45, 7) is 0.402. The molecule has 0 spiro atoms. The van der Waals surface area contributed by atoms with Crippen LogP contribution in [-0.4, -0.2) is 81.5 Å². The number of carboxylic acids is 2. The van der Waals surface area contributed by atoms with Crippen LogP contribution in [0.25, 0.3) is 0 Å². The maximum absolute atomic E-state index is 12.3. The SMILES string of the molecule is CC(NC(=O)C(CCC(=O)O)NC(=O)C(N)CS)C(=O)NC(CO)C(=O)O. The molecule has 13 heteroatoms. The molecule has 0 aliphatic rings. The van der Waals surface area contributed by atoms with Gasteiger partial charge in [-0.25, -0.2) is 4.79 Å². The molecule has 0 aliphatic heterocycles. The zero-order chi connectivity index (χ0) is 21.1. The summed E-state index contributed by atoms with van der Waals surface area (Å²) in [5, 5.41) is 33.0. The van der Waals surface area contributed by atoms with Gasteiger partial charge in [-0.2, -0.15) is 12.6 Å². The minimum absolute atomic E-state index is 0.00432. The fraction of sp³-hybridized carbons (Fsp3) is 0.643. The Kier molecular flexibility index (Phi) is 11.0. The van der Waals surface area contributed by atoms with E-state index in [0.717, 1.165) is 0 Å². The first-order chi connectivity index (χ1) is 12.5. The van der Waals surface area contributed by atoms with E-state index in [1.54, 1.807) is 0 Å². The summed E-state index contributed by atoms with van der Waals surface area (Å²) in [5.74, 6) is -5.13. The Morgan fingerprint density at radius 3 is 1.96 bits per heavy atom. The topological polar surface area (TPSA) is 208 Å². The largest absolute Gasteiger partial charge is 0.481 e. The van der Waals surface area contributed by atoms with Gasteiger partial charge in [0, 0.05) is 12.2 Å². The molecule has 8 N–H and O–H groups in total. The van der Waals surface area contributed by atoms with Gasteiger partial charge in [0.25, 0.3) is 0 Å². The van der Waals surface area contributed by atoms with Crippen molar-refractivity contribution in [2.45, 2.75) is 43.9 Å². The van der Waals surface area contributed by atoms with Crippen LogP contribution in [-0.2, 0) is 24.0 Å². The number of thiol groups is 1. The monoisotopic (exact) mass is 408 g/mol. The Labute approximate surface area is 160 Å². The normalized spacial score (nSPS) is 15.0. The van der Waals surface area contributed by atoms with E-state index in [-0.39, 0.29) is 12.2 Å². The first-order valence-electron chi connectivity index (χ1n) is 7.86. The highest BCUT2D eigenvalue weighted by atomic mass is 32.1. The quantitative estimate of drug-likeness (QED) is 0.152. The van der Waals surface area contributed by atoms with Gasteiger partial charge in [-0.3, -0.25) is 19.2 Å². The number of aliphatic hydroxyl groups is 1. The number of carbonyl (C=O) groups is 5. The molecule has 0 aromatic heterocycles. The van der Waals surface area contributed by atoms with Crippen molar-refractivity contribution in [1.82, 2.24) is 16.0 Å². The first kappa shape index (κ1) is 24.6. The van der Waals surface area contributed by atoms with Gasteiger partial charge in [-0.15, -0.1) is 0 Å². The Balaban J connectivity index is 4.98. The summed E-state index contributed by atoms with van der Waals surface area (Å²) < 4.78 is 0. The van der Waals surface area contributed by atoms with Crippen molar-refractivity contribution in [3.05, 3.63) is 0 Å². The molecule has 27 heavy (non-hydrogen) atoms. The van der Waals surface area contributed by atoms with Gasteiger partial charge in [0.2, 0.25) is 17.7 Å². The number of carbonyl (C=O) groups excluding carboxylic acids is 3. The van der Waals surface area contributed by atoms with Crippen LogP contribution in [0.15, 0.2) is 0 Å². The van der Waals surface area contributed by atoms with E-state index < -0.39 is 66.9 Å². The highest BCUT2D eigenvalue weighted by Gasteiger charge is 2.28. The highest BCUT2D eigenvalue weighted by molar-refractivity contribution is 7.80. The lowest BCUT2D eigenvalue weighted by atomic mass is 10.1. The van der Waals surface area contributed by atoms with Crippen molar-refractivity contribution in [3.8, 4) is 0 Å². The van der Waals surface area contributed by atoms with Crippen molar-refractivity contribution in [1.29, 1.82) is 0 Å². The Bertz CT molecular complexity index is 573. The summed E-state index contributed by atoms with van der Waals surface area (Å²) in [4.78, 5) is 57.5. The van der Waals surface area contributed by atoms with Crippen molar-refractivity contribution in [3.63, 3.8) is 0 Å². The summed E-state index contributed by atoms with van der Waals surface area (Å²) in [6.07, 6.45) is -0.685. The average Bonchev–Trinajstić information content (AvgIpc) is 2.60. The van der Waals surface area contributed by atoms with E-state index in [1.165, 1.54) is 6.92 Å². The fourth-order valence-electron chi connectivity index (χ4n) is 1.76. The number of nitrogens with two attached hydrogens (primary N) is 1. The summed E-state index contributed by atoms with van der Waals surface area (Å²) >= 11 is 3.85. The summed E-state index contributed by atoms with van der Waals surface area (Å²) in [6, 6.07) is -5.06. The minimum Gasteiger partial charge on any atom is -0.481 e. The smallest absolute Gasteiger partial charge is 0.328 e.